The van der Waals surface area contributed by atoms with E-state index < -0.39 is 22.3 Å². The van der Waals surface area contributed by atoms with Gasteiger partial charge in [-0.3, -0.25) is 24.5 Å². The van der Waals surface area contributed by atoms with E-state index in [1.54, 1.807) is 0 Å². The molecular formula is C27H29N5O6. The first-order valence-corrected chi connectivity index (χ1v) is 12.3. The lowest BCUT2D eigenvalue weighted by atomic mass is 9.87. The highest BCUT2D eigenvalue weighted by atomic mass is 16.6. The molecule has 1 fully saturated rings. The Hall–Kier alpha value is -4.51. The third-order valence-electron chi connectivity index (χ3n) is 6.41. The molecule has 0 unspecified atom stereocenters. The Morgan fingerprint density at radius 1 is 1.00 bits per heavy atom. The van der Waals surface area contributed by atoms with Gasteiger partial charge in [-0.05, 0) is 54.4 Å². The number of piperidine rings is 1. The van der Waals surface area contributed by atoms with E-state index in [4.69, 9.17) is 4.42 Å². The number of carbonyl (C=O) groups is 3. The van der Waals surface area contributed by atoms with Gasteiger partial charge in [-0.25, -0.2) is 0 Å². The number of hydrogen-bond donors (Lipinski definition) is 4. The topological polar surface area (TPSA) is 156 Å². The van der Waals surface area contributed by atoms with Crippen LogP contribution in [0, 0.1) is 10.1 Å². The molecule has 0 bridgehead atoms. The van der Waals surface area contributed by atoms with E-state index in [1.807, 2.05) is 42.5 Å². The van der Waals surface area contributed by atoms with Crippen LogP contribution in [0.5, 0.6) is 0 Å². The van der Waals surface area contributed by atoms with E-state index in [0.717, 1.165) is 16.3 Å². The van der Waals surface area contributed by atoms with E-state index in [2.05, 4.69) is 21.3 Å². The van der Waals surface area contributed by atoms with Gasteiger partial charge < -0.3 is 25.7 Å². The summed E-state index contributed by atoms with van der Waals surface area (Å²) < 4.78 is 5.01. The number of furan rings is 1. The molecule has 1 aliphatic heterocycles. The Balaban J connectivity index is 1.28. The molecule has 198 valence electrons. The average Bonchev–Trinajstić information content (AvgIpc) is 3.40. The molecule has 0 radical (unpaired) electrons. The summed E-state index contributed by atoms with van der Waals surface area (Å²) in [5.41, 5.74) is -0.187. The molecule has 3 aromatic rings. The molecule has 1 aliphatic rings. The van der Waals surface area contributed by atoms with E-state index in [1.165, 1.54) is 24.3 Å². The van der Waals surface area contributed by atoms with Crippen molar-refractivity contribution in [1.82, 2.24) is 21.3 Å². The van der Waals surface area contributed by atoms with E-state index in [9.17, 15) is 24.5 Å². The summed E-state index contributed by atoms with van der Waals surface area (Å²) in [7, 11) is 0. The molecule has 0 saturated carbocycles. The Labute approximate surface area is 218 Å². The lowest BCUT2D eigenvalue weighted by molar-refractivity contribution is -0.402. The lowest BCUT2D eigenvalue weighted by Gasteiger charge is -2.36. The van der Waals surface area contributed by atoms with Gasteiger partial charge in [0.05, 0.1) is 12.5 Å². The zero-order chi connectivity index (χ0) is 27.0. The molecule has 2 aromatic carbocycles. The van der Waals surface area contributed by atoms with E-state index >= 15 is 0 Å². The smallest absolute Gasteiger partial charge is 0.401 e. The van der Waals surface area contributed by atoms with Crippen LogP contribution in [0.15, 0.2) is 65.1 Å². The molecule has 4 N–H and O–H groups in total. The number of nitro groups is 1. The second-order valence-corrected chi connectivity index (χ2v) is 9.01. The highest BCUT2D eigenvalue weighted by molar-refractivity contribution is 5.97. The first-order chi connectivity index (χ1) is 18.4. The van der Waals surface area contributed by atoms with Crippen LogP contribution in [-0.2, 0) is 20.8 Å². The number of benzene rings is 2. The predicted molar refractivity (Wildman–Crippen MR) is 141 cm³/mol. The largest absolute Gasteiger partial charge is 0.433 e. The van der Waals surface area contributed by atoms with Gasteiger partial charge in [0.15, 0.2) is 0 Å². The maximum atomic E-state index is 13.1. The zero-order valence-electron chi connectivity index (χ0n) is 20.7. The number of fused-ring (bicyclic) bond motifs is 1. The highest BCUT2D eigenvalue weighted by Gasteiger charge is 2.40. The lowest BCUT2D eigenvalue weighted by Crippen LogP contribution is -2.63. The van der Waals surface area contributed by atoms with Gasteiger partial charge in [0.2, 0.25) is 17.7 Å². The zero-order valence-corrected chi connectivity index (χ0v) is 20.7. The van der Waals surface area contributed by atoms with Crippen molar-refractivity contribution in [2.24, 2.45) is 0 Å². The highest BCUT2D eigenvalue weighted by Crippen LogP contribution is 2.21. The third kappa shape index (κ3) is 6.62. The quantitative estimate of drug-likeness (QED) is 0.138. The first-order valence-electron chi connectivity index (χ1n) is 12.3. The van der Waals surface area contributed by atoms with Crippen LogP contribution in [0.25, 0.3) is 16.8 Å². The van der Waals surface area contributed by atoms with Gasteiger partial charge in [0, 0.05) is 19.2 Å². The summed E-state index contributed by atoms with van der Waals surface area (Å²) in [6.07, 6.45) is 3.48. The predicted octanol–water partition coefficient (Wildman–Crippen LogP) is 2.07. The van der Waals surface area contributed by atoms with Crippen molar-refractivity contribution in [2.45, 2.75) is 24.8 Å². The van der Waals surface area contributed by atoms with Crippen LogP contribution in [0.1, 0.15) is 24.2 Å². The molecule has 1 saturated heterocycles. The van der Waals surface area contributed by atoms with Crippen molar-refractivity contribution in [3.63, 3.8) is 0 Å². The van der Waals surface area contributed by atoms with Crippen molar-refractivity contribution in [1.29, 1.82) is 0 Å². The van der Waals surface area contributed by atoms with Gasteiger partial charge in [0.1, 0.15) is 16.2 Å². The molecule has 0 spiro atoms. The van der Waals surface area contributed by atoms with Crippen LogP contribution >= 0.6 is 0 Å². The van der Waals surface area contributed by atoms with Gasteiger partial charge in [0.25, 0.3) is 0 Å². The van der Waals surface area contributed by atoms with Crippen molar-refractivity contribution in [3.05, 3.63) is 82.1 Å². The van der Waals surface area contributed by atoms with Crippen molar-refractivity contribution in [3.8, 4) is 0 Å². The van der Waals surface area contributed by atoms with Crippen LogP contribution in [-0.4, -0.2) is 54.4 Å². The summed E-state index contributed by atoms with van der Waals surface area (Å²) in [5.74, 6) is -1.29. The Bertz CT molecular complexity index is 1350. The number of hydrogen-bond acceptors (Lipinski definition) is 7. The molecular weight excluding hydrogens is 490 g/mol. The standard InChI is InChI=1S/C27H29N5O6/c33-23(10-8-21-9-11-25(38-21)32(36)37)31-27(12-14-28-15-13-27)26(35)30-17-16-29-24(34)18-20-6-3-5-19-4-1-2-7-22(19)20/h1-11,28H,12-18H2,(H,29,34)(H,30,35)(H,31,33)/b10-8+. The van der Waals surface area contributed by atoms with Crippen molar-refractivity contribution >= 4 is 40.5 Å². The normalized spacial score (nSPS) is 14.7. The van der Waals surface area contributed by atoms with Crippen molar-refractivity contribution < 1.29 is 23.7 Å². The first kappa shape index (κ1) is 26.6. The number of carbonyl (C=O) groups excluding carboxylic acids is 3. The second-order valence-electron chi connectivity index (χ2n) is 9.01. The summed E-state index contributed by atoms with van der Waals surface area (Å²) >= 11 is 0. The van der Waals surface area contributed by atoms with Crippen LogP contribution in [0.2, 0.25) is 0 Å². The van der Waals surface area contributed by atoms with Gasteiger partial charge in [-0.1, -0.05) is 42.5 Å². The molecule has 0 aliphatic carbocycles. The SMILES string of the molecule is O=C(/C=C/c1ccc([N+](=O)[O-])o1)NC1(C(=O)NCCNC(=O)Cc2cccc3ccccc23)CCNCC1. The number of amides is 3. The summed E-state index contributed by atoms with van der Waals surface area (Å²) in [5, 5.41) is 24.5. The Morgan fingerprint density at radius 3 is 2.50 bits per heavy atom. The number of nitrogens with one attached hydrogen (secondary N) is 4. The Kier molecular flexibility index (Phi) is 8.49. The average molecular weight is 520 g/mol. The fourth-order valence-electron chi connectivity index (χ4n) is 4.46. The molecule has 1 aromatic heterocycles. The fourth-order valence-corrected chi connectivity index (χ4v) is 4.46. The monoisotopic (exact) mass is 519 g/mol. The van der Waals surface area contributed by atoms with Crippen LogP contribution in [0.3, 0.4) is 0 Å². The molecule has 3 amide bonds. The van der Waals surface area contributed by atoms with Crippen molar-refractivity contribution in [2.75, 3.05) is 26.2 Å². The van der Waals surface area contributed by atoms with Crippen LogP contribution < -0.4 is 21.3 Å². The van der Waals surface area contributed by atoms with E-state index in [0.29, 0.717) is 25.9 Å². The second kappa shape index (κ2) is 12.2. The summed E-state index contributed by atoms with van der Waals surface area (Å²) in [6, 6.07) is 16.3. The molecule has 38 heavy (non-hydrogen) atoms. The molecule has 11 heteroatoms. The maximum absolute atomic E-state index is 13.1. The Morgan fingerprint density at radius 2 is 1.74 bits per heavy atom. The number of rotatable bonds is 10. The minimum atomic E-state index is -1.12. The maximum Gasteiger partial charge on any atom is 0.433 e. The molecule has 4 rings (SSSR count). The summed E-state index contributed by atoms with van der Waals surface area (Å²) in [6.45, 7) is 1.54. The van der Waals surface area contributed by atoms with Gasteiger partial charge >= 0.3 is 5.88 Å². The minimum absolute atomic E-state index is 0.148. The number of nitrogens with zero attached hydrogens (tertiary/aromatic N) is 1. The molecule has 2 heterocycles. The van der Waals surface area contributed by atoms with Crippen LogP contribution in [0.4, 0.5) is 5.88 Å². The summed E-state index contributed by atoms with van der Waals surface area (Å²) in [4.78, 5) is 48.3. The fraction of sp³-hybridized carbons (Fsp3) is 0.296. The van der Waals surface area contributed by atoms with Gasteiger partial charge in [-0.2, -0.15) is 0 Å². The van der Waals surface area contributed by atoms with Gasteiger partial charge in [-0.15, -0.1) is 0 Å². The molecule has 11 nitrogen and oxygen atoms in total. The minimum Gasteiger partial charge on any atom is -0.401 e. The van der Waals surface area contributed by atoms with E-state index in [-0.39, 0.29) is 37.1 Å². The third-order valence-corrected chi connectivity index (χ3v) is 6.41. The molecule has 0 atom stereocenters.